The Bertz CT molecular complexity index is 779. The minimum absolute atomic E-state index is 0.167. The van der Waals surface area contributed by atoms with Crippen molar-refractivity contribution in [2.75, 3.05) is 38.2 Å². The molecule has 1 amide bonds. The fourth-order valence-corrected chi connectivity index (χ4v) is 4.05. The number of carbonyl (C=O) groups is 1. The van der Waals surface area contributed by atoms with Gasteiger partial charge < -0.3 is 14.5 Å². The van der Waals surface area contributed by atoms with Gasteiger partial charge in [0, 0.05) is 37.7 Å². The number of nitrogens with zero attached hydrogens (tertiary/aromatic N) is 4. The zero-order valence-electron chi connectivity index (χ0n) is 15.8. The molecule has 2 aliphatic rings. The summed E-state index contributed by atoms with van der Waals surface area (Å²) in [6.45, 7) is 3.59. The van der Waals surface area contributed by atoms with E-state index < -0.39 is 0 Å². The van der Waals surface area contributed by atoms with Crippen LogP contribution in [0.15, 0.2) is 36.4 Å². The number of amides is 1. The number of hydrogen-bond donors (Lipinski definition) is 0. The zero-order valence-corrected chi connectivity index (χ0v) is 15.8. The number of carbonyl (C=O) groups excluding carboxylic acids is 1. The number of benzene rings is 1. The molecule has 2 aliphatic heterocycles. The molecule has 3 heterocycles. The summed E-state index contributed by atoms with van der Waals surface area (Å²) >= 11 is 0. The zero-order chi connectivity index (χ0) is 18.6. The number of aromatic nitrogens is 2. The standard InChI is InChI=1S/C21H26N4O2/c1-27-19-7-3-2-6-17(19)18-8-9-20(23-22-18)24-14-10-16(11-15-24)21(26)25-12-4-5-13-25/h2-3,6-9,16H,4-5,10-15H2,1H3. The summed E-state index contributed by atoms with van der Waals surface area (Å²) in [4.78, 5) is 16.8. The van der Waals surface area contributed by atoms with Gasteiger partial charge in [0.25, 0.3) is 0 Å². The normalized spacial score (nSPS) is 18.0. The third kappa shape index (κ3) is 3.75. The number of piperidine rings is 1. The van der Waals surface area contributed by atoms with Crippen molar-refractivity contribution in [3.63, 3.8) is 0 Å². The van der Waals surface area contributed by atoms with Gasteiger partial charge >= 0.3 is 0 Å². The third-order valence-electron chi connectivity index (χ3n) is 5.62. The van der Waals surface area contributed by atoms with Gasteiger partial charge in [0.2, 0.25) is 5.91 Å². The van der Waals surface area contributed by atoms with Crippen LogP contribution in [0.3, 0.4) is 0 Å². The van der Waals surface area contributed by atoms with Crippen LogP contribution >= 0.6 is 0 Å². The lowest BCUT2D eigenvalue weighted by Gasteiger charge is -2.33. The molecule has 0 radical (unpaired) electrons. The third-order valence-corrected chi connectivity index (χ3v) is 5.62. The minimum Gasteiger partial charge on any atom is -0.496 e. The second-order valence-electron chi connectivity index (χ2n) is 7.27. The van der Waals surface area contributed by atoms with Crippen LogP contribution in [0.5, 0.6) is 5.75 Å². The van der Waals surface area contributed by atoms with Crippen LogP contribution in [0.4, 0.5) is 5.82 Å². The van der Waals surface area contributed by atoms with Gasteiger partial charge in [-0.05, 0) is 49.9 Å². The molecule has 6 heteroatoms. The van der Waals surface area contributed by atoms with Gasteiger partial charge in [-0.1, -0.05) is 12.1 Å². The van der Waals surface area contributed by atoms with Crippen LogP contribution in [-0.4, -0.2) is 54.3 Å². The average Bonchev–Trinajstić information content (AvgIpc) is 3.28. The smallest absolute Gasteiger partial charge is 0.225 e. The van der Waals surface area contributed by atoms with Gasteiger partial charge in [0.05, 0.1) is 12.8 Å². The quantitative estimate of drug-likeness (QED) is 0.833. The summed E-state index contributed by atoms with van der Waals surface area (Å²) in [6, 6.07) is 11.8. The molecule has 0 bridgehead atoms. The maximum absolute atomic E-state index is 12.6. The van der Waals surface area contributed by atoms with Crippen molar-refractivity contribution >= 4 is 11.7 Å². The second kappa shape index (κ2) is 7.94. The van der Waals surface area contributed by atoms with Gasteiger partial charge in [-0.3, -0.25) is 4.79 Å². The molecule has 0 spiro atoms. The van der Waals surface area contributed by atoms with Crippen LogP contribution in [0.25, 0.3) is 11.3 Å². The molecule has 2 saturated heterocycles. The number of para-hydroxylation sites is 1. The van der Waals surface area contributed by atoms with E-state index in [1.165, 1.54) is 0 Å². The first-order chi connectivity index (χ1) is 13.3. The highest BCUT2D eigenvalue weighted by molar-refractivity contribution is 5.79. The molecule has 4 rings (SSSR count). The molecular weight excluding hydrogens is 340 g/mol. The highest BCUT2D eigenvalue weighted by Crippen LogP contribution is 2.29. The van der Waals surface area contributed by atoms with E-state index in [2.05, 4.69) is 15.1 Å². The van der Waals surface area contributed by atoms with Crippen molar-refractivity contribution in [1.29, 1.82) is 0 Å². The maximum atomic E-state index is 12.6. The average molecular weight is 366 g/mol. The SMILES string of the molecule is COc1ccccc1-c1ccc(N2CCC(C(=O)N3CCCC3)CC2)nn1. The van der Waals surface area contributed by atoms with E-state index in [0.717, 1.165) is 74.7 Å². The molecule has 0 saturated carbocycles. The first-order valence-electron chi connectivity index (χ1n) is 9.77. The number of likely N-dealkylation sites (tertiary alicyclic amines) is 1. The molecule has 1 aromatic heterocycles. The van der Waals surface area contributed by atoms with Crippen molar-refractivity contribution < 1.29 is 9.53 Å². The van der Waals surface area contributed by atoms with E-state index in [0.29, 0.717) is 5.91 Å². The Hall–Kier alpha value is -2.63. The minimum atomic E-state index is 0.167. The fraction of sp³-hybridized carbons (Fsp3) is 0.476. The predicted molar refractivity (Wildman–Crippen MR) is 105 cm³/mol. The van der Waals surface area contributed by atoms with Crippen LogP contribution in [0.1, 0.15) is 25.7 Å². The van der Waals surface area contributed by atoms with Gasteiger partial charge in [0.1, 0.15) is 5.75 Å². The molecule has 2 aromatic rings. The fourth-order valence-electron chi connectivity index (χ4n) is 4.05. The van der Waals surface area contributed by atoms with Gasteiger partial charge in [-0.2, -0.15) is 0 Å². The maximum Gasteiger partial charge on any atom is 0.225 e. The molecule has 2 fully saturated rings. The van der Waals surface area contributed by atoms with Crippen LogP contribution in [0.2, 0.25) is 0 Å². The molecule has 0 unspecified atom stereocenters. The van der Waals surface area contributed by atoms with Gasteiger partial charge in [-0.15, -0.1) is 10.2 Å². The number of methoxy groups -OCH3 is 1. The lowest BCUT2D eigenvalue weighted by molar-refractivity contribution is -0.135. The summed E-state index contributed by atoms with van der Waals surface area (Å²) in [5, 5.41) is 8.83. The van der Waals surface area contributed by atoms with E-state index in [9.17, 15) is 4.79 Å². The Kier molecular flexibility index (Phi) is 5.23. The largest absolute Gasteiger partial charge is 0.496 e. The van der Waals surface area contributed by atoms with E-state index in [1.54, 1.807) is 7.11 Å². The number of rotatable bonds is 4. The van der Waals surface area contributed by atoms with Gasteiger partial charge in [-0.25, -0.2) is 0 Å². The van der Waals surface area contributed by atoms with Crippen LogP contribution in [0, 0.1) is 5.92 Å². The van der Waals surface area contributed by atoms with Crippen molar-refractivity contribution in [3.8, 4) is 17.0 Å². The Morgan fingerprint density at radius 3 is 2.41 bits per heavy atom. The van der Waals surface area contributed by atoms with E-state index >= 15 is 0 Å². The van der Waals surface area contributed by atoms with E-state index in [-0.39, 0.29) is 5.92 Å². The molecule has 142 valence electrons. The highest BCUT2D eigenvalue weighted by Gasteiger charge is 2.30. The summed E-state index contributed by atoms with van der Waals surface area (Å²) in [7, 11) is 1.66. The summed E-state index contributed by atoms with van der Waals surface area (Å²) in [5.41, 5.74) is 1.74. The number of hydrogen-bond acceptors (Lipinski definition) is 5. The predicted octanol–water partition coefficient (Wildman–Crippen LogP) is 2.99. The Morgan fingerprint density at radius 1 is 1.00 bits per heavy atom. The molecule has 0 atom stereocenters. The lowest BCUT2D eigenvalue weighted by atomic mass is 9.95. The van der Waals surface area contributed by atoms with Crippen LogP contribution in [-0.2, 0) is 4.79 Å². The number of ether oxygens (including phenoxy) is 1. The molecule has 27 heavy (non-hydrogen) atoms. The topological polar surface area (TPSA) is 58.6 Å². The Morgan fingerprint density at radius 2 is 1.74 bits per heavy atom. The Balaban J connectivity index is 1.39. The molecule has 1 aromatic carbocycles. The summed E-state index contributed by atoms with van der Waals surface area (Å²) in [6.07, 6.45) is 4.09. The lowest BCUT2D eigenvalue weighted by Crippen LogP contribution is -2.42. The van der Waals surface area contributed by atoms with E-state index in [4.69, 9.17) is 4.74 Å². The monoisotopic (exact) mass is 366 g/mol. The summed E-state index contributed by atoms with van der Waals surface area (Å²) in [5.74, 6) is 2.19. The first kappa shape index (κ1) is 17.8. The van der Waals surface area contributed by atoms with Crippen molar-refractivity contribution in [2.45, 2.75) is 25.7 Å². The number of anilines is 1. The van der Waals surface area contributed by atoms with Crippen molar-refractivity contribution in [3.05, 3.63) is 36.4 Å². The second-order valence-corrected chi connectivity index (χ2v) is 7.27. The summed E-state index contributed by atoms with van der Waals surface area (Å²) < 4.78 is 5.41. The van der Waals surface area contributed by atoms with Crippen molar-refractivity contribution in [1.82, 2.24) is 15.1 Å². The van der Waals surface area contributed by atoms with E-state index in [1.807, 2.05) is 41.3 Å². The molecule has 0 N–H and O–H groups in total. The van der Waals surface area contributed by atoms with Crippen LogP contribution < -0.4 is 9.64 Å². The molecular formula is C21H26N4O2. The van der Waals surface area contributed by atoms with Crippen molar-refractivity contribution in [2.24, 2.45) is 5.92 Å². The molecule has 6 nitrogen and oxygen atoms in total. The highest BCUT2D eigenvalue weighted by atomic mass is 16.5. The van der Waals surface area contributed by atoms with Gasteiger partial charge in [0.15, 0.2) is 5.82 Å². The first-order valence-corrected chi connectivity index (χ1v) is 9.77. The Labute approximate surface area is 160 Å². The molecule has 0 aliphatic carbocycles.